The lowest BCUT2D eigenvalue weighted by atomic mass is 9.93. The zero-order chi connectivity index (χ0) is 15.6. The highest BCUT2D eigenvalue weighted by Gasteiger charge is 2.26. The van der Waals surface area contributed by atoms with Crippen LogP contribution in [0.3, 0.4) is 0 Å². The van der Waals surface area contributed by atoms with Crippen molar-refractivity contribution in [3.63, 3.8) is 0 Å². The van der Waals surface area contributed by atoms with Gasteiger partial charge in [0.15, 0.2) is 11.5 Å². The molecule has 4 rings (SSSR count). The summed E-state index contributed by atoms with van der Waals surface area (Å²) in [7, 11) is 0. The molecule has 3 heterocycles. The highest BCUT2D eigenvalue weighted by atomic mass is 16.7. The molecule has 6 heteroatoms. The number of fused-ring (bicyclic) bond motifs is 1. The summed E-state index contributed by atoms with van der Waals surface area (Å²) in [4.78, 5) is 14.7. The number of H-pyrrole nitrogens is 1. The number of aromatic amines is 1. The maximum absolute atomic E-state index is 12.8. The summed E-state index contributed by atoms with van der Waals surface area (Å²) in [5.74, 6) is 1.90. The van der Waals surface area contributed by atoms with Gasteiger partial charge in [0.05, 0.1) is 0 Å². The number of aromatic nitrogens is 2. The molecule has 1 amide bonds. The summed E-state index contributed by atoms with van der Waals surface area (Å²) >= 11 is 0. The Hall–Kier alpha value is -2.50. The van der Waals surface area contributed by atoms with Crippen LogP contribution in [0.2, 0.25) is 0 Å². The number of amides is 1. The number of nitrogens with zero attached hydrogens (tertiary/aromatic N) is 2. The van der Waals surface area contributed by atoms with E-state index < -0.39 is 0 Å². The van der Waals surface area contributed by atoms with Crippen molar-refractivity contribution in [1.29, 1.82) is 0 Å². The number of benzene rings is 1. The van der Waals surface area contributed by atoms with Crippen molar-refractivity contribution in [3.8, 4) is 11.5 Å². The average molecular weight is 313 g/mol. The Morgan fingerprint density at radius 2 is 2.22 bits per heavy atom. The molecule has 120 valence electrons. The van der Waals surface area contributed by atoms with Crippen LogP contribution < -0.4 is 9.47 Å². The van der Waals surface area contributed by atoms with Crippen molar-refractivity contribution >= 4 is 5.91 Å². The Morgan fingerprint density at radius 3 is 3.09 bits per heavy atom. The van der Waals surface area contributed by atoms with Crippen LogP contribution >= 0.6 is 0 Å². The van der Waals surface area contributed by atoms with Crippen LogP contribution in [0.15, 0.2) is 30.5 Å². The van der Waals surface area contributed by atoms with Gasteiger partial charge in [-0.1, -0.05) is 0 Å². The molecule has 1 atom stereocenters. The van der Waals surface area contributed by atoms with Gasteiger partial charge in [0.2, 0.25) is 6.79 Å². The summed E-state index contributed by atoms with van der Waals surface area (Å²) in [6.45, 7) is 1.82. The Morgan fingerprint density at radius 1 is 1.30 bits per heavy atom. The molecule has 2 aliphatic rings. The fraction of sp³-hybridized carbons (Fsp3) is 0.412. The summed E-state index contributed by atoms with van der Waals surface area (Å²) in [5, 5.41) is 7.00. The van der Waals surface area contributed by atoms with Crippen LogP contribution in [-0.2, 0) is 6.42 Å². The normalized spacial score (nSPS) is 19.8. The third-order valence-electron chi connectivity index (χ3n) is 4.49. The molecule has 0 spiro atoms. The van der Waals surface area contributed by atoms with Crippen LogP contribution in [0.1, 0.15) is 28.9 Å². The molecule has 0 aliphatic carbocycles. The fourth-order valence-corrected chi connectivity index (χ4v) is 3.34. The minimum atomic E-state index is 0.0672. The van der Waals surface area contributed by atoms with Crippen LogP contribution in [-0.4, -0.2) is 40.9 Å². The molecule has 1 N–H and O–H groups in total. The van der Waals surface area contributed by atoms with Gasteiger partial charge in [-0.2, -0.15) is 5.10 Å². The maximum Gasteiger partial charge on any atom is 0.254 e. The number of hydrogen-bond acceptors (Lipinski definition) is 4. The van der Waals surface area contributed by atoms with E-state index in [1.54, 1.807) is 12.3 Å². The van der Waals surface area contributed by atoms with Crippen LogP contribution in [0.4, 0.5) is 0 Å². The Labute approximate surface area is 134 Å². The number of ether oxygens (including phenoxy) is 2. The summed E-state index contributed by atoms with van der Waals surface area (Å²) in [6.07, 6.45) is 4.89. The van der Waals surface area contributed by atoms with Gasteiger partial charge in [-0.15, -0.1) is 0 Å². The van der Waals surface area contributed by atoms with Crippen molar-refractivity contribution in [3.05, 3.63) is 41.7 Å². The van der Waals surface area contributed by atoms with Gasteiger partial charge in [0.1, 0.15) is 0 Å². The lowest BCUT2D eigenvalue weighted by Gasteiger charge is -2.32. The first kappa shape index (κ1) is 14.1. The second kappa shape index (κ2) is 5.95. The van der Waals surface area contributed by atoms with E-state index >= 15 is 0 Å². The predicted molar refractivity (Wildman–Crippen MR) is 83.5 cm³/mol. The first-order chi connectivity index (χ1) is 11.3. The van der Waals surface area contributed by atoms with Gasteiger partial charge in [0.25, 0.3) is 5.91 Å². The zero-order valence-corrected chi connectivity index (χ0v) is 12.8. The van der Waals surface area contributed by atoms with E-state index in [0.29, 0.717) is 23.0 Å². The molecule has 1 aromatic carbocycles. The quantitative estimate of drug-likeness (QED) is 0.943. The predicted octanol–water partition coefficient (Wildman–Crippen LogP) is 2.23. The van der Waals surface area contributed by atoms with Gasteiger partial charge in [0, 0.05) is 30.5 Å². The van der Waals surface area contributed by atoms with E-state index in [4.69, 9.17) is 9.47 Å². The maximum atomic E-state index is 12.8. The highest BCUT2D eigenvalue weighted by Crippen LogP contribution is 2.33. The van der Waals surface area contributed by atoms with Gasteiger partial charge < -0.3 is 14.4 Å². The Balaban J connectivity index is 1.45. The second-order valence-electron chi connectivity index (χ2n) is 6.11. The lowest BCUT2D eigenvalue weighted by molar-refractivity contribution is 0.0672. The molecule has 1 fully saturated rings. The monoisotopic (exact) mass is 313 g/mol. The van der Waals surface area contributed by atoms with Gasteiger partial charge in [-0.25, -0.2) is 0 Å². The molecule has 0 radical (unpaired) electrons. The van der Waals surface area contributed by atoms with E-state index in [2.05, 4.69) is 10.2 Å². The molecular formula is C17H19N3O3. The molecular weight excluding hydrogens is 294 g/mol. The van der Waals surface area contributed by atoms with Crippen molar-refractivity contribution in [2.45, 2.75) is 19.3 Å². The number of likely N-dealkylation sites (tertiary alicyclic amines) is 1. The smallest absolute Gasteiger partial charge is 0.254 e. The molecule has 0 unspecified atom stereocenters. The molecule has 2 aliphatic heterocycles. The third kappa shape index (κ3) is 2.88. The molecule has 2 aromatic rings. The van der Waals surface area contributed by atoms with Crippen molar-refractivity contribution in [2.24, 2.45) is 5.92 Å². The van der Waals surface area contributed by atoms with E-state index in [0.717, 1.165) is 38.0 Å². The third-order valence-corrected chi connectivity index (χ3v) is 4.49. The number of piperidine rings is 1. The Bertz CT molecular complexity index is 699. The van der Waals surface area contributed by atoms with Crippen molar-refractivity contribution in [2.75, 3.05) is 19.9 Å². The molecule has 0 bridgehead atoms. The topological polar surface area (TPSA) is 67.5 Å². The number of nitrogens with one attached hydrogen (secondary N) is 1. The molecule has 23 heavy (non-hydrogen) atoms. The average Bonchev–Trinajstić information content (AvgIpc) is 3.25. The number of carbonyl (C=O) groups excluding carboxylic acids is 1. The minimum absolute atomic E-state index is 0.0672. The lowest BCUT2D eigenvalue weighted by Crippen LogP contribution is -2.40. The van der Waals surface area contributed by atoms with Gasteiger partial charge in [-0.3, -0.25) is 9.89 Å². The Kier molecular flexibility index (Phi) is 3.65. The van der Waals surface area contributed by atoms with E-state index in [-0.39, 0.29) is 12.7 Å². The van der Waals surface area contributed by atoms with Crippen molar-refractivity contribution < 1.29 is 14.3 Å². The van der Waals surface area contributed by atoms with E-state index in [9.17, 15) is 4.79 Å². The van der Waals surface area contributed by atoms with Gasteiger partial charge in [-0.05, 0) is 49.4 Å². The first-order valence-electron chi connectivity index (χ1n) is 7.97. The van der Waals surface area contributed by atoms with E-state index in [1.165, 1.54) is 0 Å². The standard InChI is InChI=1S/C17H19N3O3/c21-17(13-3-4-15-16(9-13)23-11-22-15)20-7-1-2-12(10-20)8-14-5-6-18-19-14/h3-6,9,12H,1-2,7-8,10-11H2,(H,18,19)/t12-/m1/s1. The van der Waals surface area contributed by atoms with Crippen LogP contribution in [0.5, 0.6) is 11.5 Å². The summed E-state index contributed by atoms with van der Waals surface area (Å²) in [5.41, 5.74) is 1.80. The second-order valence-corrected chi connectivity index (χ2v) is 6.11. The number of hydrogen-bond donors (Lipinski definition) is 1. The van der Waals surface area contributed by atoms with Crippen LogP contribution in [0, 0.1) is 5.92 Å². The summed E-state index contributed by atoms with van der Waals surface area (Å²) in [6, 6.07) is 7.40. The largest absolute Gasteiger partial charge is 0.454 e. The highest BCUT2D eigenvalue weighted by molar-refractivity contribution is 5.95. The molecule has 1 aromatic heterocycles. The van der Waals surface area contributed by atoms with Crippen LogP contribution in [0.25, 0.3) is 0 Å². The molecule has 0 saturated carbocycles. The van der Waals surface area contributed by atoms with Crippen molar-refractivity contribution in [1.82, 2.24) is 15.1 Å². The SMILES string of the molecule is O=C(c1ccc2c(c1)OCO2)N1CCC[C@H](Cc2ccn[nH]2)C1. The molecule has 1 saturated heterocycles. The number of rotatable bonds is 3. The minimum Gasteiger partial charge on any atom is -0.454 e. The zero-order valence-electron chi connectivity index (χ0n) is 12.8. The fourth-order valence-electron chi connectivity index (χ4n) is 3.34. The molecule has 6 nitrogen and oxygen atoms in total. The summed E-state index contributed by atoms with van der Waals surface area (Å²) < 4.78 is 10.7. The first-order valence-corrected chi connectivity index (χ1v) is 7.97. The van der Waals surface area contributed by atoms with E-state index in [1.807, 2.05) is 23.1 Å². The van der Waals surface area contributed by atoms with Gasteiger partial charge >= 0.3 is 0 Å². The number of carbonyl (C=O) groups is 1.